The van der Waals surface area contributed by atoms with Crippen LogP contribution >= 0.6 is 23.4 Å². The van der Waals surface area contributed by atoms with Crippen LogP contribution in [0.1, 0.15) is 42.5 Å². The summed E-state index contributed by atoms with van der Waals surface area (Å²) in [5.74, 6) is 7.46. The molecule has 2 aromatic heterocycles. The van der Waals surface area contributed by atoms with Crippen molar-refractivity contribution >= 4 is 40.9 Å². The maximum atomic E-state index is 6.80. The second kappa shape index (κ2) is 8.99. The normalized spacial score (nSPS) is 18.4. The molecule has 1 aromatic carbocycles. The maximum Gasteiger partial charge on any atom is 0.227 e. The highest BCUT2D eigenvalue weighted by atomic mass is 35.5. The Balaban J connectivity index is 1.29. The minimum Gasteiger partial charge on any atom is -0.383 e. The van der Waals surface area contributed by atoms with E-state index in [2.05, 4.69) is 49.9 Å². The monoisotopic (exact) mass is 491 g/mol. The third-order valence-electron chi connectivity index (χ3n) is 6.87. The maximum absolute atomic E-state index is 6.80. The highest BCUT2D eigenvalue weighted by Gasteiger charge is 2.46. The van der Waals surface area contributed by atoms with E-state index in [1.54, 1.807) is 18.5 Å². The van der Waals surface area contributed by atoms with Crippen molar-refractivity contribution in [3.63, 3.8) is 0 Å². The number of halogens is 1. The summed E-state index contributed by atoms with van der Waals surface area (Å²) in [6.45, 7) is 3.53. The molecule has 5 rings (SSSR count). The van der Waals surface area contributed by atoms with Crippen LogP contribution in [0.2, 0.25) is 5.02 Å². The fraction of sp³-hybridized carbons (Fsp3) is 0.320. The van der Waals surface area contributed by atoms with E-state index >= 15 is 0 Å². The van der Waals surface area contributed by atoms with E-state index < -0.39 is 0 Å². The van der Waals surface area contributed by atoms with Gasteiger partial charge in [0.2, 0.25) is 5.95 Å². The molecule has 9 heteroatoms. The molecule has 7 nitrogen and oxygen atoms in total. The summed E-state index contributed by atoms with van der Waals surface area (Å²) in [6.07, 6.45) is 6.31. The third kappa shape index (κ3) is 4.05. The second-order valence-electron chi connectivity index (χ2n) is 8.82. The van der Waals surface area contributed by atoms with E-state index in [-0.39, 0.29) is 17.3 Å². The van der Waals surface area contributed by atoms with Gasteiger partial charge in [0.25, 0.3) is 0 Å². The van der Waals surface area contributed by atoms with Crippen molar-refractivity contribution in [2.24, 2.45) is 11.1 Å². The number of nitrogens with zero attached hydrogens (tertiary/aromatic N) is 4. The van der Waals surface area contributed by atoms with Gasteiger partial charge in [-0.1, -0.05) is 35.3 Å². The number of benzene rings is 1. The zero-order valence-electron chi connectivity index (χ0n) is 18.9. The molecule has 174 valence electrons. The fourth-order valence-corrected chi connectivity index (χ4v) is 6.01. The van der Waals surface area contributed by atoms with Crippen LogP contribution in [0, 0.1) is 17.3 Å². The molecule has 1 atom stereocenters. The van der Waals surface area contributed by atoms with Crippen LogP contribution in [-0.4, -0.2) is 28.0 Å². The highest BCUT2D eigenvalue weighted by molar-refractivity contribution is 7.99. The van der Waals surface area contributed by atoms with Crippen LogP contribution in [-0.2, 0) is 6.42 Å². The number of nitrogen functional groups attached to an aromatic ring is 2. The molecule has 1 saturated heterocycles. The minimum absolute atomic E-state index is 0.0190. The number of pyridine rings is 1. The van der Waals surface area contributed by atoms with Crippen molar-refractivity contribution in [2.75, 3.05) is 29.5 Å². The molecular formula is C25H26ClN7S. The number of rotatable bonds is 3. The van der Waals surface area contributed by atoms with Gasteiger partial charge >= 0.3 is 0 Å². The van der Waals surface area contributed by atoms with Gasteiger partial charge in [0.15, 0.2) is 0 Å². The van der Waals surface area contributed by atoms with E-state index in [0.717, 1.165) is 47.7 Å². The Morgan fingerprint density at radius 2 is 1.91 bits per heavy atom. The van der Waals surface area contributed by atoms with E-state index in [1.165, 1.54) is 22.9 Å². The van der Waals surface area contributed by atoms with Crippen molar-refractivity contribution in [1.29, 1.82) is 0 Å². The van der Waals surface area contributed by atoms with Gasteiger partial charge in [0, 0.05) is 42.0 Å². The number of nitrogens with two attached hydrogens (primary N) is 3. The Kier molecular flexibility index (Phi) is 6.02. The lowest BCUT2D eigenvalue weighted by molar-refractivity contribution is 0.187. The summed E-state index contributed by atoms with van der Waals surface area (Å²) in [7, 11) is 0. The molecule has 3 aromatic rings. The molecule has 0 saturated carbocycles. The lowest BCUT2D eigenvalue weighted by Gasteiger charge is -2.42. The fourth-order valence-electron chi connectivity index (χ4n) is 4.97. The van der Waals surface area contributed by atoms with Gasteiger partial charge in [0.1, 0.15) is 11.6 Å². The summed E-state index contributed by atoms with van der Waals surface area (Å²) >= 11 is 7.64. The lowest BCUT2D eigenvalue weighted by atomic mass is 9.73. The van der Waals surface area contributed by atoms with E-state index in [4.69, 9.17) is 28.8 Å². The van der Waals surface area contributed by atoms with Gasteiger partial charge in [0.05, 0.1) is 9.92 Å². The Morgan fingerprint density at radius 1 is 1.12 bits per heavy atom. The third-order valence-corrected chi connectivity index (χ3v) is 8.47. The minimum atomic E-state index is 0.0190. The molecule has 2 aliphatic rings. The molecule has 1 fully saturated rings. The predicted octanol–water partition coefficient (Wildman–Crippen LogP) is 4.05. The van der Waals surface area contributed by atoms with E-state index in [0.29, 0.717) is 16.8 Å². The molecule has 34 heavy (non-hydrogen) atoms. The molecular weight excluding hydrogens is 466 g/mol. The van der Waals surface area contributed by atoms with E-state index in [9.17, 15) is 0 Å². The van der Waals surface area contributed by atoms with Crippen LogP contribution in [0.25, 0.3) is 0 Å². The molecule has 0 amide bonds. The number of piperidine rings is 1. The van der Waals surface area contributed by atoms with Crippen molar-refractivity contribution in [1.82, 2.24) is 15.0 Å². The van der Waals surface area contributed by atoms with Crippen LogP contribution in [0.15, 0.2) is 46.5 Å². The first-order chi connectivity index (χ1) is 16.4. The van der Waals surface area contributed by atoms with Crippen molar-refractivity contribution in [2.45, 2.75) is 42.0 Å². The zero-order chi connectivity index (χ0) is 23.9. The summed E-state index contributed by atoms with van der Waals surface area (Å²) in [6, 6.07) is 8.27. The molecule has 0 bridgehead atoms. The standard InChI is InChI=1S/C25H26ClN7S/c1-2-3-15-4-5-16-13-25(21(27)17(16)12-15)7-10-33(11-8-25)24-31-14-19(22(28)32-24)34-18-6-9-30-23(29)20(18)26/h4-6,9,12,14,21H,7-8,10-11,13,27H2,1H3,(H2,29,30)(H2,28,31,32)/t21-/m1/s1. The van der Waals surface area contributed by atoms with Crippen LogP contribution < -0.4 is 22.1 Å². The molecule has 1 spiro atoms. The first-order valence-corrected chi connectivity index (χ1v) is 12.4. The van der Waals surface area contributed by atoms with E-state index in [1.807, 2.05) is 6.92 Å². The van der Waals surface area contributed by atoms with Gasteiger partial charge in [-0.2, -0.15) is 4.98 Å². The number of anilines is 3. The molecule has 0 radical (unpaired) electrons. The smallest absolute Gasteiger partial charge is 0.227 e. The molecule has 1 aliphatic carbocycles. The average Bonchev–Trinajstić information content (AvgIpc) is 3.10. The Bertz CT molecular complexity index is 1310. The van der Waals surface area contributed by atoms with Gasteiger partial charge in [-0.3, -0.25) is 0 Å². The van der Waals surface area contributed by atoms with Gasteiger partial charge in [-0.05, 0) is 60.9 Å². The van der Waals surface area contributed by atoms with Crippen molar-refractivity contribution in [3.05, 3.63) is 58.4 Å². The van der Waals surface area contributed by atoms with Crippen LogP contribution in [0.3, 0.4) is 0 Å². The molecule has 1 aliphatic heterocycles. The highest BCUT2D eigenvalue weighted by Crippen LogP contribution is 2.51. The first-order valence-electron chi connectivity index (χ1n) is 11.2. The number of hydrogen-bond acceptors (Lipinski definition) is 8. The molecule has 6 N–H and O–H groups in total. The number of hydrogen-bond donors (Lipinski definition) is 3. The van der Waals surface area contributed by atoms with Crippen LogP contribution in [0.5, 0.6) is 0 Å². The Hall–Kier alpha value is -2.99. The van der Waals surface area contributed by atoms with Crippen LogP contribution in [0.4, 0.5) is 17.6 Å². The summed E-state index contributed by atoms with van der Waals surface area (Å²) in [5, 5.41) is 0.403. The average molecular weight is 492 g/mol. The quantitative estimate of drug-likeness (QED) is 0.469. The Morgan fingerprint density at radius 3 is 2.65 bits per heavy atom. The van der Waals surface area contributed by atoms with Gasteiger partial charge in [-0.25, -0.2) is 9.97 Å². The topological polar surface area (TPSA) is 120 Å². The number of fused-ring (bicyclic) bond motifs is 1. The van der Waals surface area contributed by atoms with Crippen molar-refractivity contribution in [3.8, 4) is 11.8 Å². The first kappa shape index (κ1) is 22.8. The molecule has 3 heterocycles. The SMILES string of the molecule is CC#Cc1ccc2c(c1)[C@@H](N)C1(CCN(c3ncc(Sc4ccnc(N)c4Cl)c(N)n3)CC1)C2. The predicted molar refractivity (Wildman–Crippen MR) is 138 cm³/mol. The largest absolute Gasteiger partial charge is 0.383 e. The zero-order valence-corrected chi connectivity index (χ0v) is 20.5. The van der Waals surface area contributed by atoms with Gasteiger partial charge < -0.3 is 22.1 Å². The molecule has 0 unspecified atom stereocenters. The lowest BCUT2D eigenvalue weighted by Crippen LogP contribution is -2.45. The van der Waals surface area contributed by atoms with Gasteiger partial charge in [-0.15, -0.1) is 5.92 Å². The Labute approximate surface area is 208 Å². The summed E-state index contributed by atoms with van der Waals surface area (Å²) < 4.78 is 0. The van der Waals surface area contributed by atoms with Crippen molar-refractivity contribution < 1.29 is 0 Å². The second-order valence-corrected chi connectivity index (χ2v) is 10.3. The summed E-state index contributed by atoms with van der Waals surface area (Å²) in [4.78, 5) is 16.9. The summed E-state index contributed by atoms with van der Waals surface area (Å²) in [5.41, 5.74) is 22.6. The number of aromatic nitrogens is 3.